The van der Waals surface area contributed by atoms with Crippen LogP contribution in [0.2, 0.25) is 0 Å². The zero-order valence-electron chi connectivity index (χ0n) is 10.6. The van der Waals surface area contributed by atoms with E-state index < -0.39 is 0 Å². The number of nitrogens with zero attached hydrogens (tertiary/aromatic N) is 1. The normalized spacial score (nSPS) is 24.3. The van der Waals surface area contributed by atoms with Crippen molar-refractivity contribution < 1.29 is 4.79 Å². The molecule has 3 rings (SSSR count). The lowest BCUT2D eigenvalue weighted by Crippen LogP contribution is -2.21. The number of benzene rings is 1. The molecule has 19 heavy (non-hydrogen) atoms. The van der Waals surface area contributed by atoms with Gasteiger partial charge in [-0.15, -0.1) is 0 Å². The Morgan fingerprint density at radius 3 is 2.68 bits per heavy atom. The van der Waals surface area contributed by atoms with Crippen molar-refractivity contribution in [1.29, 1.82) is 0 Å². The van der Waals surface area contributed by atoms with E-state index in [9.17, 15) is 4.79 Å². The topological polar surface area (TPSA) is 41.5 Å². The van der Waals surface area contributed by atoms with Crippen LogP contribution in [0.25, 0.3) is 6.08 Å². The monoisotopic (exact) mass is 272 g/mol. The Kier molecular flexibility index (Phi) is 3.69. The minimum absolute atomic E-state index is 0.0365. The first kappa shape index (κ1) is 12.5. The standard InChI is InChI=1S/C15H16N2OS/c18-14-13(10-11-6-2-1-3-7-11)19-15(17-14)16-12-8-4-5-9-12/h1-3,6-7,10,12H,4-5,8-9H2,(H,16,17,18)/b13-10-. The van der Waals surface area contributed by atoms with Crippen LogP contribution in [0.3, 0.4) is 0 Å². The van der Waals surface area contributed by atoms with Gasteiger partial charge < -0.3 is 5.32 Å². The lowest BCUT2D eigenvalue weighted by molar-refractivity contribution is -0.115. The quantitative estimate of drug-likeness (QED) is 0.840. The van der Waals surface area contributed by atoms with Crippen LogP contribution in [0, 0.1) is 0 Å². The van der Waals surface area contributed by atoms with Crippen LogP contribution in [-0.2, 0) is 4.79 Å². The van der Waals surface area contributed by atoms with Gasteiger partial charge in [0.15, 0.2) is 5.17 Å². The summed E-state index contributed by atoms with van der Waals surface area (Å²) < 4.78 is 0. The molecule has 1 aliphatic carbocycles. The Morgan fingerprint density at radius 1 is 1.21 bits per heavy atom. The Balaban J connectivity index is 1.75. The average molecular weight is 272 g/mol. The summed E-state index contributed by atoms with van der Waals surface area (Å²) in [5.74, 6) is -0.0365. The number of amides is 1. The first-order valence-corrected chi connectivity index (χ1v) is 7.47. The number of thioether (sulfide) groups is 1. The van der Waals surface area contributed by atoms with Gasteiger partial charge in [0.05, 0.1) is 10.9 Å². The molecular weight excluding hydrogens is 256 g/mol. The maximum atomic E-state index is 11.9. The first-order chi connectivity index (χ1) is 9.31. The van der Waals surface area contributed by atoms with Gasteiger partial charge in [0.1, 0.15) is 0 Å². The summed E-state index contributed by atoms with van der Waals surface area (Å²) in [4.78, 5) is 17.2. The van der Waals surface area contributed by atoms with Crippen molar-refractivity contribution in [1.82, 2.24) is 5.32 Å². The molecule has 1 N–H and O–H groups in total. The third kappa shape index (κ3) is 3.07. The fourth-order valence-electron chi connectivity index (χ4n) is 2.39. The van der Waals surface area contributed by atoms with Crippen molar-refractivity contribution in [3.63, 3.8) is 0 Å². The van der Waals surface area contributed by atoms with Gasteiger partial charge in [0.25, 0.3) is 5.91 Å². The molecule has 4 heteroatoms. The minimum Gasteiger partial charge on any atom is -0.301 e. The highest BCUT2D eigenvalue weighted by molar-refractivity contribution is 8.18. The highest BCUT2D eigenvalue weighted by atomic mass is 32.2. The highest BCUT2D eigenvalue weighted by Crippen LogP contribution is 2.28. The van der Waals surface area contributed by atoms with E-state index in [0.717, 1.165) is 28.5 Å². The van der Waals surface area contributed by atoms with Crippen LogP contribution < -0.4 is 5.32 Å². The van der Waals surface area contributed by atoms with E-state index >= 15 is 0 Å². The van der Waals surface area contributed by atoms with E-state index in [0.29, 0.717) is 6.04 Å². The van der Waals surface area contributed by atoms with Crippen LogP contribution in [-0.4, -0.2) is 17.1 Å². The van der Waals surface area contributed by atoms with Gasteiger partial charge in [-0.1, -0.05) is 43.2 Å². The molecule has 2 aliphatic rings. The lowest BCUT2D eigenvalue weighted by atomic mass is 10.2. The predicted octanol–water partition coefficient (Wildman–Crippen LogP) is 3.19. The van der Waals surface area contributed by atoms with Crippen LogP contribution >= 0.6 is 11.8 Å². The van der Waals surface area contributed by atoms with Gasteiger partial charge in [-0.05, 0) is 36.2 Å². The number of nitrogens with one attached hydrogen (secondary N) is 1. The summed E-state index contributed by atoms with van der Waals surface area (Å²) >= 11 is 1.45. The van der Waals surface area contributed by atoms with E-state index in [-0.39, 0.29) is 5.91 Å². The van der Waals surface area contributed by atoms with Gasteiger partial charge in [-0.25, -0.2) is 0 Å². The van der Waals surface area contributed by atoms with Crippen LogP contribution in [0.5, 0.6) is 0 Å². The predicted molar refractivity (Wildman–Crippen MR) is 79.8 cm³/mol. The summed E-state index contributed by atoms with van der Waals surface area (Å²) in [6, 6.07) is 10.3. The van der Waals surface area contributed by atoms with Gasteiger partial charge >= 0.3 is 0 Å². The van der Waals surface area contributed by atoms with Crippen molar-refractivity contribution in [2.45, 2.75) is 31.7 Å². The maximum Gasteiger partial charge on any atom is 0.264 e. The second-order valence-electron chi connectivity index (χ2n) is 4.85. The second-order valence-corrected chi connectivity index (χ2v) is 5.88. The Morgan fingerprint density at radius 2 is 1.95 bits per heavy atom. The zero-order valence-corrected chi connectivity index (χ0v) is 11.5. The van der Waals surface area contributed by atoms with Crippen LogP contribution in [0.4, 0.5) is 0 Å². The number of aliphatic imine (C=N–C) groups is 1. The molecule has 0 aromatic heterocycles. The van der Waals surface area contributed by atoms with E-state index in [4.69, 9.17) is 0 Å². The third-order valence-corrected chi connectivity index (χ3v) is 4.30. The summed E-state index contributed by atoms with van der Waals surface area (Å²) in [5, 5.41) is 3.62. The largest absolute Gasteiger partial charge is 0.301 e. The molecule has 0 atom stereocenters. The summed E-state index contributed by atoms with van der Waals surface area (Å²) in [6.07, 6.45) is 6.73. The molecule has 3 nitrogen and oxygen atoms in total. The molecule has 1 heterocycles. The van der Waals surface area contributed by atoms with Crippen LogP contribution in [0.15, 0.2) is 40.2 Å². The minimum atomic E-state index is -0.0365. The summed E-state index contributed by atoms with van der Waals surface area (Å²) in [6.45, 7) is 0. The molecule has 1 aromatic rings. The molecule has 0 spiro atoms. The number of hydrogen-bond acceptors (Lipinski definition) is 3. The second kappa shape index (κ2) is 5.61. The SMILES string of the molecule is O=C1NC(=NC2CCCC2)S/C1=C\c1ccccc1. The van der Waals surface area contributed by atoms with Gasteiger partial charge in [0.2, 0.25) is 0 Å². The van der Waals surface area contributed by atoms with E-state index in [1.807, 2.05) is 36.4 Å². The average Bonchev–Trinajstić information content (AvgIpc) is 3.02. The Labute approximate surface area is 117 Å². The van der Waals surface area contributed by atoms with Gasteiger partial charge in [-0.2, -0.15) is 0 Å². The summed E-state index contributed by atoms with van der Waals surface area (Å²) in [7, 11) is 0. The molecule has 0 bridgehead atoms. The lowest BCUT2D eigenvalue weighted by Gasteiger charge is -2.02. The number of carbonyl (C=O) groups is 1. The van der Waals surface area contributed by atoms with Gasteiger partial charge in [0, 0.05) is 0 Å². The molecule has 0 unspecified atom stereocenters. The molecular formula is C15H16N2OS. The number of amidine groups is 1. The van der Waals surface area contributed by atoms with Crippen molar-refractivity contribution in [3.05, 3.63) is 40.8 Å². The van der Waals surface area contributed by atoms with Crippen molar-refractivity contribution in [2.75, 3.05) is 0 Å². The molecule has 1 amide bonds. The van der Waals surface area contributed by atoms with E-state index in [2.05, 4.69) is 10.3 Å². The smallest absolute Gasteiger partial charge is 0.264 e. The Hall–Kier alpha value is -1.55. The first-order valence-electron chi connectivity index (χ1n) is 6.65. The van der Waals surface area contributed by atoms with Crippen molar-refractivity contribution >= 4 is 28.9 Å². The maximum absolute atomic E-state index is 11.9. The molecule has 1 aromatic carbocycles. The molecule has 98 valence electrons. The van der Waals surface area contributed by atoms with Crippen molar-refractivity contribution in [3.8, 4) is 0 Å². The molecule has 1 aliphatic heterocycles. The molecule has 0 radical (unpaired) electrons. The number of hydrogen-bond donors (Lipinski definition) is 1. The third-order valence-electron chi connectivity index (χ3n) is 3.37. The molecule has 1 saturated carbocycles. The fraction of sp³-hybridized carbons (Fsp3) is 0.333. The molecule has 1 saturated heterocycles. The van der Waals surface area contributed by atoms with Crippen LogP contribution in [0.1, 0.15) is 31.2 Å². The Bertz CT molecular complexity index is 530. The number of rotatable bonds is 2. The van der Waals surface area contributed by atoms with E-state index in [1.54, 1.807) is 0 Å². The van der Waals surface area contributed by atoms with E-state index in [1.165, 1.54) is 24.6 Å². The van der Waals surface area contributed by atoms with Gasteiger partial charge in [-0.3, -0.25) is 9.79 Å². The fourth-order valence-corrected chi connectivity index (χ4v) is 3.28. The number of carbonyl (C=O) groups excluding carboxylic acids is 1. The molecule has 2 fully saturated rings. The van der Waals surface area contributed by atoms with Crippen molar-refractivity contribution in [2.24, 2.45) is 4.99 Å². The highest BCUT2D eigenvalue weighted by Gasteiger charge is 2.25. The summed E-state index contributed by atoms with van der Waals surface area (Å²) in [5.41, 5.74) is 1.04. The zero-order chi connectivity index (χ0) is 13.1.